The highest BCUT2D eigenvalue weighted by Gasteiger charge is 2.30. The van der Waals surface area contributed by atoms with Gasteiger partial charge in [-0.15, -0.1) is 0 Å². The summed E-state index contributed by atoms with van der Waals surface area (Å²) >= 11 is 0. The van der Waals surface area contributed by atoms with Crippen molar-refractivity contribution in [3.05, 3.63) is 29.3 Å². The van der Waals surface area contributed by atoms with Gasteiger partial charge in [0.05, 0.1) is 5.56 Å². The summed E-state index contributed by atoms with van der Waals surface area (Å²) in [4.78, 5) is 0. The summed E-state index contributed by atoms with van der Waals surface area (Å²) in [6.07, 6.45) is -1.97. The van der Waals surface area contributed by atoms with Gasteiger partial charge in [0.15, 0.2) is 0 Å². The third kappa shape index (κ3) is 3.15. The predicted octanol–water partition coefficient (Wildman–Crippen LogP) is 3.75. The second-order valence-corrected chi connectivity index (χ2v) is 3.44. The minimum absolute atomic E-state index is 0.265. The smallest absolute Gasteiger partial charge is 0.416 e. The van der Waals surface area contributed by atoms with Gasteiger partial charge in [-0.3, -0.25) is 0 Å². The van der Waals surface area contributed by atoms with Crippen molar-refractivity contribution in [1.29, 1.82) is 0 Å². The molecule has 0 saturated heterocycles. The minimum atomic E-state index is -4.39. The molecule has 4 heteroatoms. The highest BCUT2D eigenvalue weighted by atomic mass is 19.4. The first-order chi connectivity index (χ1) is 6.95. The largest absolute Gasteiger partial charge is 0.508 e. The molecule has 0 fully saturated rings. The lowest BCUT2D eigenvalue weighted by Crippen LogP contribution is -2.04. The quantitative estimate of drug-likeness (QED) is 0.819. The van der Waals surface area contributed by atoms with E-state index in [9.17, 15) is 18.3 Å². The number of halogens is 3. The first-order valence-electron chi connectivity index (χ1n) is 4.84. The second-order valence-electron chi connectivity index (χ2n) is 3.44. The lowest BCUT2D eigenvalue weighted by molar-refractivity contribution is -0.137. The van der Waals surface area contributed by atoms with Gasteiger partial charge >= 0.3 is 6.18 Å². The van der Waals surface area contributed by atoms with Gasteiger partial charge in [0, 0.05) is 0 Å². The average molecular weight is 218 g/mol. The van der Waals surface area contributed by atoms with Crippen LogP contribution in [-0.4, -0.2) is 5.11 Å². The monoisotopic (exact) mass is 218 g/mol. The number of unbranched alkanes of at least 4 members (excludes halogenated alkanes) is 1. The Labute approximate surface area is 86.5 Å². The first-order valence-corrected chi connectivity index (χ1v) is 4.84. The van der Waals surface area contributed by atoms with Crippen molar-refractivity contribution in [3.63, 3.8) is 0 Å². The maximum atomic E-state index is 12.2. The number of aromatic hydroxyl groups is 1. The van der Waals surface area contributed by atoms with E-state index in [1.165, 1.54) is 6.07 Å². The Morgan fingerprint density at radius 1 is 1.27 bits per heavy atom. The van der Waals surface area contributed by atoms with E-state index in [4.69, 9.17) is 0 Å². The van der Waals surface area contributed by atoms with Crippen LogP contribution in [0, 0.1) is 0 Å². The molecule has 0 bridgehead atoms. The highest BCUT2D eigenvalue weighted by molar-refractivity contribution is 5.37. The Kier molecular flexibility index (Phi) is 3.61. The zero-order valence-electron chi connectivity index (χ0n) is 8.43. The molecule has 0 saturated carbocycles. The zero-order chi connectivity index (χ0) is 11.5. The van der Waals surface area contributed by atoms with Crippen molar-refractivity contribution in [3.8, 4) is 5.75 Å². The lowest BCUT2D eigenvalue weighted by Gasteiger charge is -2.09. The molecule has 0 spiro atoms. The fourth-order valence-electron chi connectivity index (χ4n) is 1.32. The van der Waals surface area contributed by atoms with E-state index in [2.05, 4.69) is 0 Å². The summed E-state index contributed by atoms with van der Waals surface area (Å²) in [6.45, 7) is 1.99. The van der Waals surface area contributed by atoms with Crippen LogP contribution in [0.15, 0.2) is 18.2 Å². The van der Waals surface area contributed by atoms with Gasteiger partial charge in [-0.2, -0.15) is 13.2 Å². The molecule has 15 heavy (non-hydrogen) atoms. The Morgan fingerprint density at radius 2 is 1.93 bits per heavy atom. The molecule has 0 heterocycles. The van der Waals surface area contributed by atoms with Crippen LogP contribution in [-0.2, 0) is 12.6 Å². The van der Waals surface area contributed by atoms with Gasteiger partial charge in [-0.1, -0.05) is 19.4 Å². The molecular weight excluding hydrogens is 205 g/mol. The summed E-state index contributed by atoms with van der Waals surface area (Å²) in [7, 11) is 0. The normalized spacial score (nSPS) is 11.7. The number of rotatable bonds is 3. The standard InChI is InChI=1S/C11H13F3O/c1-2-3-4-8-5-6-9(7-10(8)15)11(12,13)14/h5-7,15H,2-4H2,1H3. The fourth-order valence-corrected chi connectivity index (χ4v) is 1.32. The van der Waals surface area contributed by atoms with Crippen molar-refractivity contribution in [2.45, 2.75) is 32.4 Å². The molecule has 0 atom stereocenters. The number of phenolic OH excluding ortho intramolecular Hbond substituents is 1. The number of alkyl halides is 3. The van der Waals surface area contributed by atoms with Crippen LogP contribution < -0.4 is 0 Å². The molecule has 0 aliphatic rings. The van der Waals surface area contributed by atoms with Gasteiger partial charge < -0.3 is 5.11 Å². The molecule has 1 aromatic carbocycles. The summed E-state index contributed by atoms with van der Waals surface area (Å²) in [5, 5.41) is 9.38. The topological polar surface area (TPSA) is 20.2 Å². The molecule has 0 amide bonds. The van der Waals surface area contributed by atoms with E-state index >= 15 is 0 Å². The molecular formula is C11H13F3O. The van der Waals surface area contributed by atoms with Gasteiger partial charge in [0.2, 0.25) is 0 Å². The van der Waals surface area contributed by atoms with E-state index in [0.29, 0.717) is 12.0 Å². The molecule has 1 N–H and O–H groups in total. The molecule has 1 nitrogen and oxygen atoms in total. The van der Waals surface area contributed by atoms with Crippen molar-refractivity contribution >= 4 is 0 Å². The van der Waals surface area contributed by atoms with Gasteiger partial charge in [-0.05, 0) is 30.5 Å². The summed E-state index contributed by atoms with van der Waals surface area (Å²) < 4.78 is 36.7. The van der Waals surface area contributed by atoms with Crippen LogP contribution in [0.2, 0.25) is 0 Å². The van der Waals surface area contributed by atoms with E-state index < -0.39 is 11.7 Å². The Balaban J connectivity index is 2.88. The molecule has 0 radical (unpaired) electrons. The molecule has 0 aromatic heterocycles. The summed E-state index contributed by atoms with van der Waals surface area (Å²) in [5.74, 6) is -0.265. The van der Waals surface area contributed by atoms with Crippen molar-refractivity contribution in [2.24, 2.45) is 0 Å². The molecule has 0 aliphatic heterocycles. The predicted molar refractivity (Wildman–Crippen MR) is 51.7 cm³/mol. The Hall–Kier alpha value is -1.19. The van der Waals surface area contributed by atoms with Crippen molar-refractivity contribution in [1.82, 2.24) is 0 Å². The number of benzene rings is 1. The van der Waals surface area contributed by atoms with Gasteiger partial charge in [0.1, 0.15) is 5.75 Å². The lowest BCUT2D eigenvalue weighted by atomic mass is 10.0. The third-order valence-corrected chi connectivity index (χ3v) is 2.21. The Morgan fingerprint density at radius 3 is 2.40 bits per heavy atom. The molecule has 1 rings (SSSR count). The average Bonchev–Trinajstić information content (AvgIpc) is 2.14. The molecule has 0 unspecified atom stereocenters. The van der Waals surface area contributed by atoms with E-state index in [1.807, 2.05) is 6.92 Å². The van der Waals surface area contributed by atoms with Gasteiger partial charge in [-0.25, -0.2) is 0 Å². The molecule has 0 aliphatic carbocycles. The van der Waals surface area contributed by atoms with Crippen LogP contribution >= 0.6 is 0 Å². The number of hydrogen-bond donors (Lipinski definition) is 1. The first kappa shape index (κ1) is 11.9. The zero-order valence-corrected chi connectivity index (χ0v) is 8.43. The van der Waals surface area contributed by atoms with Crippen LogP contribution in [0.4, 0.5) is 13.2 Å². The second kappa shape index (κ2) is 4.55. The third-order valence-electron chi connectivity index (χ3n) is 2.21. The van der Waals surface area contributed by atoms with Crippen LogP contribution in [0.3, 0.4) is 0 Å². The van der Waals surface area contributed by atoms with Gasteiger partial charge in [0.25, 0.3) is 0 Å². The van der Waals surface area contributed by atoms with Crippen LogP contribution in [0.25, 0.3) is 0 Å². The van der Waals surface area contributed by atoms with Crippen molar-refractivity contribution in [2.75, 3.05) is 0 Å². The highest BCUT2D eigenvalue weighted by Crippen LogP contribution is 2.32. The van der Waals surface area contributed by atoms with Crippen LogP contribution in [0.5, 0.6) is 5.75 Å². The maximum Gasteiger partial charge on any atom is 0.416 e. The SMILES string of the molecule is CCCCc1ccc(C(F)(F)F)cc1O. The van der Waals surface area contributed by atoms with Crippen LogP contribution in [0.1, 0.15) is 30.9 Å². The number of phenols is 1. The number of aryl methyl sites for hydroxylation is 1. The fraction of sp³-hybridized carbons (Fsp3) is 0.455. The number of hydrogen-bond acceptors (Lipinski definition) is 1. The van der Waals surface area contributed by atoms with E-state index in [1.54, 1.807) is 0 Å². The van der Waals surface area contributed by atoms with Crippen molar-refractivity contribution < 1.29 is 18.3 Å². The maximum absolute atomic E-state index is 12.2. The molecule has 1 aromatic rings. The Bertz CT molecular complexity index is 331. The minimum Gasteiger partial charge on any atom is -0.508 e. The molecule has 84 valence electrons. The summed E-state index contributed by atoms with van der Waals surface area (Å²) in [5.41, 5.74) is -0.231. The van der Waals surface area contributed by atoms with E-state index in [0.717, 1.165) is 25.0 Å². The summed E-state index contributed by atoms with van der Waals surface area (Å²) in [6, 6.07) is 3.13. The van der Waals surface area contributed by atoms with E-state index in [-0.39, 0.29) is 5.75 Å².